The molecular formula is C71H87BN2S. The molecule has 0 spiro atoms. The molecule has 1 aromatic heterocycles. The number of aryl methyl sites for hydroxylation is 1. The molecule has 0 fully saturated rings. The molecule has 3 heterocycles. The van der Waals surface area contributed by atoms with E-state index in [0.717, 1.165) is 6.42 Å². The highest BCUT2D eigenvalue weighted by molar-refractivity contribution is 7.26. The summed E-state index contributed by atoms with van der Waals surface area (Å²) in [4.78, 5) is 5.69. The number of hydrogen-bond donors (Lipinski definition) is 0. The molecule has 12 rings (SSSR count). The Bertz CT molecular complexity index is 3470. The highest BCUT2D eigenvalue weighted by Crippen LogP contribution is 2.57. The van der Waals surface area contributed by atoms with Crippen molar-refractivity contribution in [3.63, 3.8) is 0 Å². The first-order valence-corrected chi connectivity index (χ1v) is 29.8. The van der Waals surface area contributed by atoms with Crippen molar-refractivity contribution in [1.82, 2.24) is 0 Å². The molecule has 0 amide bonds. The van der Waals surface area contributed by atoms with Crippen molar-refractivity contribution in [2.75, 3.05) is 9.80 Å². The van der Waals surface area contributed by atoms with Crippen molar-refractivity contribution in [2.24, 2.45) is 10.8 Å². The van der Waals surface area contributed by atoms with Gasteiger partial charge in [-0.05, 0) is 209 Å². The largest absolute Gasteiger partial charge is 0.327 e. The third kappa shape index (κ3) is 7.72. The maximum absolute atomic E-state index is 2.91. The summed E-state index contributed by atoms with van der Waals surface area (Å²) < 4.78 is 1.44. The zero-order chi connectivity index (χ0) is 53.7. The zero-order valence-corrected chi connectivity index (χ0v) is 50.4. The number of fused-ring (bicyclic) bond motifs is 8. The Morgan fingerprint density at radius 2 is 1.12 bits per heavy atom. The average Bonchev–Trinajstić information content (AvgIpc) is 3.71. The van der Waals surface area contributed by atoms with E-state index in [-0.39, 0.29) is 56.1 Å². The highest BCUT2D eigenvalue weighted by atomic mass is 32.1. The predicted octanol–water partition coefficient (Wildman–Crippen LogP) is 18.4. The molecule has 0 N–H and O–H groups in total. The third-order valence-corrected chi connectivity index (χ3v) is 21.7. The summed E-state index contributed by atoms with van der Waals surface area (Å²) in [6.07, 6.45) is 13.5. The Kier molecular flexibility index (Phi) is 11.0. The van der Waals surface area contributed by atoms with E-state index in [4.69, 9.17) is 0 Å². The minimum Gasteiger partial charge on any atom is -0.327 e. The van der Waals surface area contributed by atoms with E-state index in [9.17, 15) is 0 Å². The van der Waals surface area contributed by atoms with Gasteiger partial charge in [-0.15, -0.1) is 11.3 Å². The van der Waals surface area contributed by atoms with Crippen LogP contribution in [0.3, 0.4) is 0 Å². The van der Waals surface area contributed by atoms with Crippen LogP contribution in [0.4, 0.5) is 27.8 Å². The number of nitrogens with zero attached hydrogens (tertiary/aromatic N) is 2. The average molecular weight is 1010 g/mol. The van der Waals surface area contributed by atoms with Crippen LogP contribution >= 0.6 is 11.3 Å². The smallest absolute Gasteiger partial charge is 0.254 e. The summed E-state index contributed by atoms with van der Waals surface area (Å²) in [5, 5.41) is 2.90. The lowest BCUT2D eigenvalue weighted by Gasteiger charge is -2.49. The first kappa shape index (κ1) is 51.0. The van der Waals surface area contributed by atoms with Crippen molar-refractivity contribution in [1.29, 1.82) is 0 Å². The van der Waals surface area contributed by atoms with Crippen molar-refractivity contribution >= 4 is 72.3 Å². The summed E-state index contributed by atoms with van der Waals surface area (Å²) in [5.74, 6) is 0. The minimum absolute atomic E-state index is 0.0418. The number of benzene rings is 5. The minimum atomic E-state index is -0.0546. The fraction of sp³-hybridized carbons (Fsp3) is 0.493. The van der Waals surface area contributed by atoms with Gasteiger partial charge in [0.25, 0.3) is 6.71 Å². The monoisotopic (exact) mass is 1010 g/mol. The molecule has 0 bridgehead atoms. The van der Waals surface area contributed by atoms with Gasteiger partial charge in [0.15, 0.2) is 0 Å². The van der Waals surface area contributed by atoms with Crippen LogP contribution in [0.25, 0.3) is 21.2 Å². The van der Waals surface area contributed by atoms with Gasteiger partial charge in [0, 0.05) is 27.4 Å². The first-order valence-electron chi connectivity index (χ1n) is 29.0. The van der Waals surface area contributed by atoms with Crippen LogP contribution in [0, 0.1) is 17.8 Å². The molecule has 0 saturated carbocycles. The zero-order valence-electron chi connectivity index (χ0n) is 49.6. The van der Waals surface area contributed by atoms with Crippen LogP contribution in [-0.4, -0.2) is 12.8 Å². The molecule has 2 nitrogen and oxygen atoms in total. The highest BCUT2D eigenvalue weighted by Gasteiger charge is 2.50. The Balaban J connectivity index is 1.24. The van der Waals surface area contributed by atoms with E-state index in [1.54, 1.807) is 22.3 Å². The molecule has 2 aliphatic heterocycles. The molecule has 6 aromatic rings. The normalized spacial score (nSPS) is 22.3. The van der Waals surface area contributed by atoms with Crippen LogP contribution in [0.1, 0.15) is 209 Å². The second kappa shape index (κ2) is 16.1. The maximum Gasteiger partial charge on any atom is 0.254 e. The molecule has 390 valence electrons. The Labute approximate surface area is 457 Å². The molecule has 4 aliphatic carbocycles. The van der Waals surface area contributed by atoms with Crippen LogP contribution in [0.5, 0.6) is 0 Å². The van der Waals surface area contributed by atoms with Gasteiger partial charge in [-0.3, -0.25) is 0 Å². The van der Waals surface area contributed by atoms with Crippen LogP contribution in [0.15, 0.2) is 102 Å². The van der Waals surface area contributed by atoms with Crippen molar-refractivity contribution in [2.45, 2.75) is 215 Å². The third-order valence-electron chi connectivity index (χ3n) is 20.5. The summed E-state index contributed by atoms with van der Waals surface area (Å²) in [7, 11) is 0. The number of anilines is 5. The summed E-state index contributed by atoms with van der Waals surface area (Å²) in [5.41, 5.74) is 26.4. The number of allylic oxidation sites excluding steroid dienone is 2. The lowest BCUT2D eigenvalue weighted by molar-refractivity contribution is 0.256. The number of thiophene rings is 1. The molecule has 0 radical (unpaired) electrons. The van der Waals surface area contributed by atoms with Gasteiger partial charge in [0.05, 0.1) is 11.0 Å². The van der Waals surface area contributed by atoms with E-state index in [1.807, 2.05) is 0 Å². The van der Waals surface area contributed by atoms with Crippen molar-refractivity contribution in [3.8, 4) is 11.1 Å². The van der Waals surface area contributed by atoms with Crippen molar-refractivity contribution < 1.29 is 0 Å². The number of rotatable bonds is 3. The van der Waals surface area contributed by atoms with Gasteiger partial charge in [-0.2, -0.15) is 0 Å². The van der Waals surface area contributed by atoms with Gasteiger partial charge in [-0.25, -0.2) is 0 Å². The fourth-order valence-electron chi connectivity index (χ4n) is 15.2. The second-order valence-corrected chi connectivity index (χ2v) is 31.6. The van der Waals surface area contributed by atoms with Crippen LogP contribution in [-0.2, 0) is 32.5 Å². The first-order chi connectivity index (χ1) is 34.8. The van der Waals surface area contributed by atoms with Crippen LogP contribution in [0.2, 0.25) is 0 Å². The summed E-state index contributed by atoms with van der Waals surface area (Å²) in [6, 6.07) is 33.1. The van der Waals surface area contributed by atoms with Gasteiger partial charge < -0.3 is 9.80 Å². The summed E-state index contributed by atoms with van der Waals surface area (Å²) in [6.45, 7) is 46.9. The molecule has 75 heavy (non-hydrogen) atoms. The van der Waals surface area contributed by atoms with E-state index in [1.165, 1.54) is 132 Å². The topological polar surface area (TPSA) is 6.48 Å². The second-order valence-electron chi connectivity index (χ2n) is 30.6. The quantitative estimate of drug-likeness (QED) is 0.163. The Hall–Kier alpha value is -4.80. The van der Waals surface area contributed by atoms with Gasteiger partial charge in [0.2, 0.25) is 0 Å². The standard InChI is InChI=1S/C71H87BN2S/c1-42-34-50-53(70(16,17)32-30-67(50,10)11)40-56(42)74-57-37-44(64(2,3)4)24-27-55(57)72-61-47-39-52-54(71(18,19)33-31-69(52,14)15)41-60(47)75-63(61)73(45-25-26-49-51(38-45)68(12,13)29-28-66(49,8)9)58-35-43(36-59(74)62(58)72)46-22-20-21-23-48(46)65(5,6)7/h20-27,34-37,39-41,45H,28-33,38H2,1-19H3. The maximum atomic E-state index is 2.91. The van der Waals surface area contributed by atoms with E-state index >= 15 is 0 Å². The lowest BCUT2D eigenvalue weighted by atomic mass is 9.33. The predicted molar refractivity (Wildman–Crippen MR) is 329 cm³/mol. The van der Waals surface area contributed by atoms with Crippen molar-refractivity contribution in [3.05, 3.63) is 141 Å². The molecule has 1 unspecified atom stereocenters. The molecule has 1 atom stereocenters. The van der Waals surface area contributed by atoms with Gasteiger partial charge >= 0.3 is 0 Å². The Morgan fingerprint density at radius 3 is 1.76 bits per heavy atom. The Morgan fingerprint density at radius 1 is 0.547 bits per heavy atom. The molecule has 4 heteroatoms. The van der Waals surface area contributed by atoms with Gasteiger partial charge in [-0.1, -0.05) is 185 Å². The lowest BCUT2D eigenvalue weighted by Crippen LogP contribution is -2.62. The van der Waals surface area contributed by atoms with Crippen LogP contribution < -0.4 is 26.2 Å². The van der Waals surface area contributed by atoms with E-state index < -0.39 is 0 Å². The molecule has 5 aromatic carbocycles. The summed E-state index contributed by atoms with van der Waals surface area (Å²) >= 11 is 2.09. The molecule has 6 aliphatic rings. The molecular weight excluding hydrogens is 924 g/mol. The SMILES string of the molecule is Cc1cc2c(cc1N1c3cc(C(C)(C)C)ccc3B3c4c1cc(-c1ccccc1C(C)(C)C)cc4N(C1C=CC4=C(C1)C(C)(C)CCC4(C)C)c1sc4cc5c(cc4c13)C(C)(C)CCC5(C)C)C(C)(C)CCC2(C)C. The number of hydrogen-bond acceptors (Lipinski definition) is 3. The fourth-order valence-corrected chi connectivity index (χ4v) is 16.5. The van der Waals surface area contributed by atoms with Gasteiger partial charge in [0.1, 0.15) is 0 Å². The molecule has 0 saturated heterocycles. The van der Waals surface area contributed by atoms with E-state index in [0.29, 0.717) is 0 Å². The van der Waals surface area contributed by atoms with E-state index in [2.05, 4.69) is 244 Å².